The van der Waals surface area contributed by atoms with Gasteiger partial charge >= 0.3 is 5.97 Å². The molecule has 0 aliphatic heterocycles. The third-order valence-electron chi connectivity index (χ3n) is 2.26. The smallest absolute Gasteiger partial charge is 0.345 e. The minimum absolute atomic E-state index is 0.0739. The van der Waals surface area contributed by atoms with E-state index in [0.29, 0.717) is 12.2 Å². The minimum Gasteiger partial charge on any atom is -0.477 e. The Bertz CT molecular complexity index is 585. The topological polar surface area (TPSA) is 49.3 Å². The van der Waals surface area contributed by atoms with Gasteiger partial charge < -0.3 is 10.4 Å². The van der Waals surface area contributed by atoms with Gasteiger partial charge in [-0.15, -0.1) is 11.3 Å². The van der Waals surface area contributed by atoms with E-state index in [-0.39, 0.29) is 9.90 Å². The normalized spacial score (nSPS) is 10.3. The van der Waals surface area contributed by atoms with Crippen LogP contribution in [0.25, 0.3) is 0 Å². The number of rotatable bonds is 4. The highest BCUT2D eigenvalue weighted by Crippen LogP contribution is 2.21. The van der Waals surface area contributed by atoms with E-state index in [2.05, 4.69) is 5.32 Å². The molecule has 0 fully saturated rings. The Hall–Kier alpha value is -1.59. The first-order chi connectivity index (χ1) is 8.56. The molecule has 3 nitrogen and oxygen atoms in total. The van der Waals surface area contributed by atoms with Crippen molar-refractivity contribution < 1.29 is 14.3 Å². The highest BCUT2D eigenvalue weighted by atomic mass is 35.5. The predicted octanol–water partition coefficient (Wildman–Crippen LogP) is 3.85. The summed E-state index contributed by atoms with van der Waals surface area (Å²) in [5.74, 6) is -1.43. The largest absolute Gasteiger partial charge is 0.477 e. The van der Waals surface area contributed by atoms with Gasteiger partial charge in [-0.25, -0.2) is 9.18 Å². The molecule has 0 amide bonds. The van der Waals surface area contributed by atoms with Gasteiger partial charge in [-0.1, -0.05) is 11.6 Å². The van der Waals surface area contributed by atoms with Crippen molar-refractivity contribution in [3.05, 3.63) is 50.9 Å². The molecule has 0 atom stereocenters. The Morgan fingerprint density at radius 3 is 2.78 bits per heavy atom. The number of aromatic carboxylic acids is 1. The molecule has 0 bridgehead atoms. The van der Waals surface area contributed by atoms with Crippen LogP contribution in [0.15, 0.2) is 30.3 Å². The molecule has 1 heterocycles. The molecule has 18 heavy (non-hydrogen) atoms. The molecule has 0 saturated heterocycles. The number of carboxylic acids is 1. The van der Waals surface area contributed by atoms with Gasteiger partial charge in [0.1, 0.15) is 10.7 Å². The molecule has 2 rings (SSSR count). The summed E-state index contributed by atoms with van der Waals surface area (Å²) >= 11 is 6.76. The van der Waals surface area contributed by atoms with E-state index < -0.39 is 11.8 Å². The molecule has 1 aromatic heterocycles. The molecule has 0 aliphatic carbocycles. The summed E-state index contributed by atoms with van der Waals surface area (Å²) in [6, 6.07) is 7.71. The Morgan fingerprint density at radius 2 is 2.17 bits per heavy atom. The van der Waals surface area contributed by atoms with Crippen molar-refractivity contribution in [2.24, 2.45) is 0 Å². The first kappa shape index (κ1) is 12.9. The fraction of sp³-hybridized carbons (Fsp3) is 0.0833. The van der Waals surface area contributed by atoms with Gasteiger partial charge in [-0.2, -0.15) is 0 Å². The number of halogens is 2. The van der Waals surface area contributed by atoms with Gasteiger partial charge in [0, 0.05) is 17.1 Å². The summed E-state index contributed by atoms with van der Waals surface area (Å²) in [6.45, 7) is 0.443. The number of nitrogens with one attached hydrogen (secondary N) is 1. The second-order valence-electron chi connectivity index (χ2n) is 3.55. The maximum absolute atomic E-state index is 13.2. The van der Waals surface area contributed by atoms with Crippen molar-refractivity contribution in [3.63, 3.8) is 0 Å². The van der Waals surface area contributed by atoms with Crippen LogP contribution in [-0.4, -0.2) is 11.1 Å². The van der Waals surface area contributed by atoms with Crippen LogP contribution < -0.4 is 5.32 Å². The summed E-state index contributed by atoms with van der Waals surface area (Å²) in [5.41, 5.74) is 0.599. The number of thiophene rings is 1. The van der Waals surface area contributed by atoms with Crippen LogP contribution in [0.1, 0.15) is 14.5 Å². The van der Waals surface area contributed by atoms with Gasteiger partial charge in [-0.05, 0) is 30.3 Å². The molecular weight excluding hydrogens is 277 g/mol. The van der Waals surface area contributed by atoms with Gasteiger partial charge in [0.15, 0.2) is 0 Å². The molecule has 0 aliphatic rings. The number of carboxylic acid groups (broad SMARTS) is 1. The molecule has 1 aromatic carbocycles. The van der Waals surface area contributed by atoms with Crippen molar-refractivity contribution in [3.8, 4) is 0 Å². The lowest BCUT2D eigenvalue weighted by atomic mass is 10.3. The van der Waals surface area contributed by atoms with Crippen LogP contribution in [0, 0.1) is 5.82 Å². The highest BCUT2D eigenvalue weighted by molar-refractivity contribution is 7.13. The van der Waals surface area contributed by atoms with Crippen LogP contribution in [0.5, 0.6) is 0 Å². The maximum atomic E-state index is 13.2. The molecule has 0 spiro atoms. The fourth-order valence-corrected chi connectivity index (χ4v) is 2.29. The van der Waals surface area contributed by atoms with E-state index in [1.165, 1.54) is 23.5 Å². The minimum atomic E-state index is -0.941. The predicted molar refractivity (Wildman–Crippen MR) is 70.0 cm³/mol. The van der Waals surface area contributed by atoms with E-state index in [0.717, 1.165) is 4.88 Å². The second-order valence-corrected chi connectivity index (χ2v) is 5.13. The van der Waals surface area contributed by atoms with Crippen LogP contribution >= 0.6 is 22.9 Å². The van der Waals surface area contributed by atoms with Crippen molar-refractivity contribution in [1.29, 1.82) is 0 Å². The Balaban J connectivity index is 2.02. The van der Waals surface area contributed by atoms with Crippen LogP contribution in [0.2, 0.25) is 5.02 Å². The number of hydrogen-bond acceptors (Lipinski definition) is 3. The molecule has 0 unspecified atom stereocenters. The number of carbonyl (C=O) groups is 1. The van der Waals surface area contributed by atoms with Gasteiger partial charge in [0.05, 0.1) is 5.02 Å². The second kappa shape index (κ2) is 5.37. The molecule has 0 saturated carbocycles. The number of benzene rings is 1. The third kappa shape index (κ3) is 3.00. The molecule has 2 N–H and O–H groups in total. The van der Waals surface area contributed by atoms with E-state index in [1.54, 1.807) is 18.2 Å². The summed E-state index contributed by atoms with van der Waals surface area (Å²) < 4.78 is 13.2. The average Bonchev–Trinajstić information content (AvgIpc) is 2.79. The fourth-order valence-electron chi connectivity index (χ4n) is 1.38. The van der Waals surface area contributed by atoms with Crippen molar-refractivity contribution >= 4 is 34.6 Å². The van der Waals surface area contributed by atoms with Gasteiger partial charge in [0.2, 0.25) is 0 Å². The van der Waals surface area contributed by atoms with E-state index in [4.69, 9.17) is 16.7 Å². The van der Waals surface area contributed by atoms with Crippen molar-refractivity contribution in [1.82, 2.24) is 0 Å². The lowest BCUT2D eigenvalue weighted by Gasteiger charge is -2.05. The lowest BCUT2D eigenvalue weighted by Crippen LogP contribution is -1.97. The molecule has 94 valence electrons. The molecule has 0 radical (unpaired) electrons. The number of anilines is 1. The van der Waals surface area contributed by atoms with Gasteiger partial charge in [-0.3, -0.25) is 0 Å². The zero-order valence-electron chi connectivity index (χ0n) is 9.11. The van der Waals surface area contributed by atoms with Crippen molar-refractivity contribution in [2.75, 3.05) is 5.32 Å². The Labute approximate surface area is 112 Å². The summed E-state index contributed by atoms with van der Waals surface area (Å²) in [5, 5.41) is 11.9. The first-order valence-corrected chi connectivity index (χ1v) is 6.26. The monoisotopic (exact) mass is 285 g/mol. The van der Waals surface area contributed by atoms with Crippen LogP contribution in [-0.2, 0) is 6.54 Å². The van der Waals surface area contributed by atoms with E-state index in [9.17, 15) is 9.18 Å². The Kier molecular flexibility index (Phi) is 3.84. The van der Waals surface area contributed by atoms with E-state index in [1.807, 2.05) is 0 Å². The third-order valence-corrected chi connectivity index (χ3v) is 3.64. The van der Waals surface area contributed by atoms with Gasteiger partial charge in [0.25, 0.3) is 0 Å². The van der Waals surface area contributed by atoms with Crippen molar-refractivity contribution in [2.45, 2.75) is 6.54 Å². The maximum Gasteiger partial charge on any atom is 0.345 e. The van der Waals surface area contributed by atoms with E-state index >= 15 is 0 Å². The highest BCUT2D eigenvalue weighted by Gasteiger charge is 2.07. The standard InChI is InChI=1S/C12H9ClFNO2S/c13-9-3-1-7(5-10(9)14)15-6-8-2-4-11(18-8)12(16)17/h1-5,15H,6H2,(H,16,17). The quantitative estimate of drug-likeness (QED) is 0.897. The lowest BCUT2D eigenvalue weighted by molar-refractivity contribution is 0.0702. The molecule has 2 aromatic rings. The summed E-state index contributed by atoms with van der Waals surface area (Å²) in [4.78, 5) is 11.8. The first-order valence-electron chi connectivity index (χ1n) is 5.07. The molecular formula is C12H9ClFNO2S. The zero-order valence-corrected chi connectivity index (χ0v) is 10.7. The van der Waals surface area contributed by atoms with Crippen LogP contribution in [0.4, 0.5) is 10.1 Å². The zero-order chi connectivity index (χ0) is 13.1. The Morgan fingerprint density at radius 1 is 1.39 bits per heavy atom. The summed E-state index contributed by atoms with van der Waals surface area (Å²) in [6.07, 6.45) is 0. The summed E-state index contributed by atoms with van der Waals surface area (Å²) in [7, 11) is 0. The average molecular weight is 286 g/mol. The van der Waals surface area contributed by atoms with Crippen LogP contribution in [0.3, 0.4) is 0 Å². The SMILES string of the molecule is O=C(O)c1ccc(CNc2ccc(Cl)c(F)c2)s1. The molecule has 6 heteroatoms. The number of hydrogen-bond donors (Lipinski definition) is 2.